The van der Waals surface area contributed by atoms with Gasteiger partial charge in [0.25, 0.3) is 0 Å². The van der Waals surface area contributed by atoms with Crippen molar-refractivity contribution in [3.05, 3.63) is 217 Å². The highest BCUT2D eigenvalue weighted by Crippen LogP contribution is 2.40. The van der Waals surface area contributed by atoms with Crippen LogP contribution < -0.4 is 4.90 Å². The van der Waals surface area contributed by atoms with Crippen molar-refractivity contribution in [3.63, 3.8) is 0 Å². The minimum atomic E-state index is 0.103. The van der Waals surface area contributed by atoms with E-state index in [0.717, 1.165) is 22.6 Å². The normalized spacial score (nSPS) is 11.8. The third-order valence-corrected chi connectivity index (χ3v) is 9.36. The molecular weight excluding hydrogens is 579 g/mol. The molecule has 1 nitrogen and oxygen atoms in total. The molecule has 0 bridgehead atoms. The molecule has 48 heavy (non-hydrogen) atoms. The van der Waals surface area contributed by atoms with E-state index in [9.17, 15) is 0 Å². The largest absolute Gasteiger partial charge is 0.310 e. The Kier molecular flexibility index (Phi) is 7.86. The number of para-hydroxylation sites is 1. The second-order valence-electron chi connectivity index (χ2n) is 12.2. The van der Waals surface area contributed by atoms with Crippen LogP contribution in [0.15, 0.2) is 195 Å². The van der Waals surface area contributed by atoms with E-state index in [0.29, 0.717) is 0 Å². The van der Waals surface area contributed by atoms with Crippen molar-refractivity contribution >= 4 is 44.7 Å². The fourth-order valence-electron chi connectivity index (χ4n) is 6.96. The van der Waals surface area contributed by atoms with Crippen molar-refractivity contribution < 1.29 is 0 Å². The van der Waals surface area contributed by atoms with E-state index in [2.05, 4.69) is 200 Å². The van der Waals surface area contributed by atoms with Crippen LogP contribution in [-0.4, -0.2) is 0 Å². The van der Waals surface area contributed by atoms with Crippen LogP contribution in [0, 0.1) is 0 Å². The van der Waals surface area contributed by atoms with Crippen LogP contribution in [0.5, 0.6) is 0 Å². The summed E-state index contributed by atoms with van der Waals surface area (Å²) in [5, 5.41) is 4.99. The van der Waals surface area contributed by atoms with Crippen molar-refractivity contribution in [2.24, 2.45) is 0 Å². The smallest absolute Gasteiger partial charge is 0.0540 e. The van der Waals surface area contributed by atoms with Gasteiger partial charge in [-0.25, -0.2) is 0 Å². The summed E-state index contributed by atoms with van der Waals surface area (Å²) in [6.07, 6.45) is 1.90. The van der Waals surface area contributed by atoms with Gasteiger partial charge in [0.2, 0.25) is 0 Å². The van der Waals surface area contributed by atoms with Gasteiger partial charge >= 0.3 is 0 Å². The van der Waals surface area contributed by atoms with Gasteiger partial charge in [-0.1, -0.05) is 170 Å². The molecule has 0 aliphatic heterocycles. The first-order valence-electron chi connectivity index (χ1n) is 16.5. The van der Waals surface area contributed by atoms with Crippen molar-refractivity contribution in [2.45, 2.75) is 5.92 Å². The predicted molar refractivity (Wildman–Crippen MR) is 205 cm³/mol. The summed E-state index contributed by atoms with van der Waals surface area (Å²) in [4.78, 5) is 2.35. The van der Waals surface area contributed by atoms with Gasteiger partial charge in [-0.05, 0) is 79.9 Å². The molecule has 1 atom stereocenters. The van der Waals surface area contributed by atoms with Crippen molar-refractivity contribution in [1.29, 1.82) is 0 Å². The lowest BCUT2D eigenvalue weighted by Gasteiger charge is -2.27. The van der Waals surface area contributed by atoms with Gasteiger partial charge in [0.05, 0.1) is 5.69 Å². The topological polar surface area (TPSA) is 3.24 Å². The highest BCUT2D eigenvalue weighted by atomic mass is 15.1. The van der Waals surface area contributed by atoms with Gasteiger partial charge in [-0.3, -0.25) is 0 Å². The summed E-state index contributed by atoms with van der Waals surface area (Å²) in [6.45, 7) is 3.96. The molecule has 0 aliphatic rings. The SMILES string of the molecule is C=Cc1ccc(C(c2ccc(-c3ccc(N(c4ccccc4)c4cccc5ccccc45)cc3)cc2)c2cccc3ccccc23)cc1. The first-order chi connectivity index (χ1) is 23.8. The standard InChI is InChI=1S/C47H35N/c1-2-34-22-24-39(25-23-34)47(45-20-10-14-37-12-6-8-18-43(37)45)40-28-26-35(27-29-40)36-30-32-42(33-31-36)48(41-16-4-3-5-17-41)46-21-11-15-38-13-7-9-19-44(38)46/h2-33,47H,1H2. The molecule has 228 valence electrons. The number of fused-ring (bicyclic) bond motifs is 2. The Morgan fingerprint density at radius 2 is 0.917 bits per heavy atom. The monoisotopic (exact) mass is 613 g/mol. The third-order valence-electron chi connectivity index (χ3n) is 9.36. The van der Waals surface area contributed by atoms with Crippen LogP contribution in [0.4, 0.5) is 17.1 Å². The highest BCUT2D eigenvalue weighted by molar-refractivity contribution is 5.99. The number of hydrogen-bond acceptors (Lipinski definition) is 1. The molecule has 0 heterocycles. The lowest BCUT2D eigenvalue weighted by molar-refractivity contribution is 0.989. The second kappa shape index (κ2) is 12.9. The molecule has 0 aliphatic carbocycles. The van der Waals surface area contributed by atoms with E-state index >= 15 is 0 Å². The molecular formula is C47H35N. The van der Waals surface area contributed by atoms with Crippen LogP contribution >= 0.6 is 0 Å². The number of rotatable bonds is 8. The van der Waals surface area contributed by atoms with E-state index in [-0.39, 0.29) is 5.92 Å². The van der Waals surface area contributed by atoms with E-state index in [1.165, 1.54) is 49.4 Å². The zero-order valence-electron chi connectivity index (χ0n) is 26.7. The third kappa shape index (κ3) is 5.57. The zero-order valence-corrected chi connectivity index (χ0v) is 26.7. The van der Waals surface area contributed by atoms with Crippen molar-refractivity contribution in [3.8, 4) is 11.1 Å². The second-order valence-corrected chi connectivity index (χ2v) is 12.2. The molecule has 8 rings (SSSR count). The number of nitrogens with zero attached hydrogens (tertiary/aromatic N) is 1. The summed E-state index contributed by atoms with van der Waals surface area (Å²) in [5.74, 6) is 0.103. The Balaban J connectivity index is 1.16. The Morgan fingerprint density at radius 1 is 0.417 bits per heavy atom. The molecule has 0 saturated heterocycles. The molecule has 0 radical (unpaired) electrons. The zero-order chi connectivity index (χ0) is 32.3. The Bertz CT molecular complexity index is 2320. The average Bonchev–Trinajstić information content (AvgIpc) is 3.16. The van der Waals surface area contributed by atoms with Gasteiger partial charge in [0.1, 0.15) is 0 Å². The van der Waals surface area contributed by atoms with Crippen LogP contribution in [0.1, 0.15) is 28.2 Å². The number of anilines is 3. The van der Waals surface area contributed by atoms with Gasteiger partial charge in [0.15, 0.2) is 0 Å². The average molecular weight is 614 g/mol. The molecule has 0 N–H and O–H groups in total. The Labute approximate surface area is 282 Å². The number of benzene rings is 8. The van der Waals surface area contributed by atoms with E-state index < -0.39 is 0 Å². The first kappa shape index (κ1) is 29.2. The molecule has 0 spiro atoms. The summed E-state index contributed by atoms with van der Waals surface area (Å²) >= 11 is 0. The fraction of sp³-hybridized carbons (Fsp3) is 0.0213. The summed E-state index contributed by atoms with van der Waals surface area (Å²) < 4.78 is 0. The predicted octanol–water partition coefficient (Wildman–Crippen LogP) is 13.0. The van der Waals surface area contributed by atoms with Gasteiger partial charge in [0, 0.05) is 22.7 Å². The Morgan fingerprint density at radius 3 is 1.58 bits per heavy atom. The molecule has 0 saturated carbocycles. The van der Waals surface area contributed by atoms with E-state index in [1.807, 2.05) is 6.08 Å². The van der Waals surface area contributed by atoms with Gasteiger partial charge in [-0.15, -0.1) is 0 Å². The van der Waals surface area contributed by atoms with Crippen LogP contribution in [0.25, 0.3) is 38.7 Å². The maximum Gasteiger partial charge on any atom is 0.0540 e. The maximum atomic E-state index is 3.96. The fourth-order valence-corrected chi connectivity index (χ4v) is 6.96. The van der Waals surface area contributed by atoms with E-state index in [1.54, 1.807) is 0 Å². The van der Waals surface area contributed by atoms with Crippen LogP contribution in [-0.2, 0) is 0 Å². The first-order valence-corrected chi connectivity index (χ1v) is 16.5. The quantitative estimate of drug-likeness (QED) is 0.154. The van der Waals surface area contributed by atoms with E-state index in [4.69, 9.17) is 0 Å². The van der Waals surface area contributed by atoms with Crippen LogP contribution in [0.2, 0.25) is 0 Å². The lowest BCUT2D eigenvalue weighted by Crippen LogP contribution is -2.10. The van der Waals surface area contributed by atoms with Gasteiger partial charge in [-0.2, -0.15) is 0 Å². The van der Waals surface area contributed by atoms with Gasteiger partial charge < -0.3 is 4.90 Å². The minimum absolute atomic E-state index is 0.103. The lowest BCUT2D eigenvalue weighted by atomic mass is 9.82. The molecule has 8 aromatic rings. The van der Waals surface area contributed by atoms with Crippen molar-refractivity contribution in [2.75, 3.05) is 4.90 Å². The molecule has 0 aromatic heterocycles. The molecule has 8 aromatic carbocycles. The summed E-state index contributed by atoms with van der Waals surface area (Å²) in [7, 11) is 0. The molecule has 1 heteroatoms. The Hall–Kier alpha value is -6.18. The molecule has 0 fully saturated rings. The minimum Gasteiger partial charge on any atom is -0.310 e. The maximum absolute atomic E-state index is 3.96. The molecule has 1 unspecified atom stereocenters. The molecule has 0 amide bonds. The summed E-state index contributed by atoms with van der Waals surface area (Å²) in [5.41, 5.74) is 10.8. The van der Waals surface area contributed by atoms with Crippen molar-refractivity contribution in [1.82, 2.24) is 0 Å². The highest BCUT2D eigenvalue weighted by Gasteiger charge is 2.20. The summed E-state index contributed by atoms with van der Waals surface area (Å²) in [6, 6.07) is 67.9. The number of hydrogen-bond donors (Lipinski definition) is 0. The van der Waals surface area contributed by atoms with Crippen LogP contribution in [0.3, 0.4) is 0 Å².